The van der Waals surface area contributed by atoms with Gasteiger partial charge in [0, 0.05) is 38.6 Å². The summed E-state index contributed by atoms with van der Waals surface area (Å²) >= 11 is 0. The molecule has 0 unspecified atom stereocenters. The van der Waals surface area contributed by atoms with Crippen molar-refractivity contribution in [2.75, 3.05) is 43.4 Å². The molecular formula is C10H16N4O3S. The topological polar surface area (TPSA) is 86.6 Å². The average Bonchev–Trinajstić information content (AvgIpc) is 2.40. The van der Waals surface area contributed by atoms with Crippen LogP contribution >= 0.6 is 0 Å². The molecule has 1 fully saturated rings. The highest BCUT2D eigenvalue weighted by molar-refractivity contribution is 7.89. The highest BCUT2D eigenvalue weighted by Gasteiger charge is 2.27. The number of rotatable bonds is 4. The van der Waals surface area contributed by atoms with Crippen LogP contribution in [-0.4, -0.2) is 66.3 Å². The molecule has 0 saturated carbocycles. The van der Waals surface area contributed by atoms with Crippen LogP contribution in [0.4, 0.5) is 5.95 Å². The summed E-state index contributed by atoms with van der Waals surface area (Å²) in [7, 11) is -3.32. The molecule has 7 nitrogen and oxygen atoms in total. The van der Waals surface area contributed by atoms with Gasteiger partial charge < -0.3 is 10.0 Å². The van der Waals surface area contributed by atoms with E-state index < -0.39 is 10.0 Å². The van der Waals surface area contributed by atoms with Gasteiger partial charge in [0.2, 0.25) is 16.0 Å². The Labute approximate surface area is 106 Å². The lowest BCUT2D eigenvalue weighted by Gasteiger charge is -2.33. The standard InChI is InChI=1S/C10H16N4O3S/c15-8-9-18(16,17)14-6-4-13(5-7-14)10-11-2-1-3-12-10/h1-3,15H,4-9H2. The van der Waals surface area contributed by atoms with Gasteiger partial charge in [-0.2, -0.15) is 4.31 Å². The Kier molecular flexibility index (Phi) is 4.10. The zero-order chi connectivity index (χ0) is 13.0. The second kappa shape index (κ2) is 5.59. The van der Waals surface area contributed by atoms with E-state index in [2.05, 4.69) is 9.97 Å². The number of aliphatic hydroxyl groups is 1. The largest absolute Gasteiger partial charge is 0.395 e. The number of nitrogens with zero attached hydrogens (tertiary/aromatic N) is 4. The van der Waals surface area contributed by atoms with E-state index in [9.17, 15) is 8.42 Å². The molecule has 1 aromatic heterocycles. The summed E-state index contributed by atoms with van der Waals surface area (Å²) in [4.78, 5) is 10.2. The molecule has 0 spiro atoms. The molecule has 0 aliphatic carbocycles. The Hall–Kier alpha value is -1.25. The number of anilines is 1. The lowest BCUT2D eigenvalue weighted by molar-refractivity contribution is 0.312. The van der Waals surface area contributed by atoms with Crippen molar-refractivity contribution >= 4 is 16.0 Å². The zero-order valence-corrected chi connectivity index (χ0v) is 10.8. The van der Waals surface area contributed by atoms with Gasteiger partial charge in [-0.05, 0) is 6.07 Å². The molecule has 1 aromatic rings. The first-order valence-corrected chi connectivity index (χ1v) is 7.35. The number of aliphatic hydroxyl groups excluding tert-OH is 1. The number of hydrogen-bond donors (Lipinski definition) is 1. The smallest absolute Gasteiger partial charge is 0.225 e. The quantitative estimate of drug-likeness (QED) is 0.750. The Bertz CT molecular complexity index is 471. The van der Waals surface area contributed by atoms with Crippen LogP contribution in [0.1, 0.15) is 0 Å². The zero-order valence-electron chi connectivity index (χ0n) is 9.94. The fourth-order valence-corrected chi connectivity index (χ4v) is 3.07. The summed E-state index contributed by atoms with van der Waals surface area (Å²) in [6, 6.07) is 1.74. The van der Waals surface area contributed by atoms with Crippen LogP contribution in [0.15, 0.2) is 18.5 Å². The van der Waals surface area contributed by atoms with Gasteiger partial charge >= 0.3 is 0 Å². The maximum Gasteiger partial charge on any atom is 0.225 e. The molecule has 18 heavy (non-hydrogen) atoms. The number of hydrogen-bond acceptors (Lipinski definition) is 6. The van der Waals surface area contributed by atoms with Crippen LogP contribution in [0.2, 0.25) is 0 Å². The summed E-state index contributed by atoms with van der Waals surface area (Å²) in [5, 5.41) is 8.73. The van der Waals surface area contributed by atoms with Crippen LogP contribution in [0.5, 0.6) is 0 Å². The maximum atomic E-state index is 11.7. The number of piperazine rings is 1. The van der Waals surface area contributed by atoms with Gasteiger partial charge in [-0.3, -0.25) is 0 Å². The van der Waals surface area contributed by atoms with Crippen LogP contribution in [0.3, 0.4) is 0 Å². The first-order chi connectivity index (χ1) is 8.63. The molecule has 1 saturated heterocycles. The number of aromatic nitrogens is 2. The lowest BCUT2D eigenvalue weighted by Crippen LogP contribution is -2.50. The minimum absolute atomic E-state index is 0.213. The van der Waals surface area contributed by atoms with Crippen molar-refractivity contribution in [1.29, 1.82) is 0 Å². The van der Waals surface area contributed by atoms with Gasteiger partial charge in [-0.1, -0.05) is 0 Å². The van der Waals surface area contributed by atoms with Crippen molar-refractivity contribution < 1.29 is 13.5 Å². The molecule has 0 bridgehead atoms. The molecule has 0 aromatic carbocycles. The molecular weight excluding hydrogens is 256 g/mol. The van der Waals surface area contributed by atoms with E-state index in [1.165, 1.54) is 4.31 Å². The maximum absolute atomic E-state index is 11.7. The van der Waals surface area contributed by atoms with Crippen LogP contribution in [0.25, 0.3) is 0 Å². The van der Waals surface area contributed by atoms with Crippen molar-refractivity contribution in [2.24, 2.45) is 0 Å². The van der Waals surface area contributed by atoms with Gasteiger partial charge in [0.15, 0.2) is 0 Å². The third kappa shape index (κ3) is 2.95. The molecule has 2 rings (SSSR count). The van der Waals surface area contributed by atoms with E-state index in [-0.39, 0.29) is 12.4 Å². The fourth-order valence-electron chi connectivity index (χ4n) is 1.87. The Morgan fingerprint density at radius 3 is 2.33 bits per heavy atom. The average molecular weight is 272 g/mol. The van der Waals surface area contributed by atoms with Crippen molar-refractivity contribution in [1.82, 2.24) is 14.3 Å². The van der Waals surface area contributed by atoms with Crippen molar-refractivity contribution in [2.45, 2.75) is 0 Å². The monoisotopic (exact) mass is 272 g/mol. The highest BCUT2D eigenvalue weighted by Crippen LogP contribution is 2.12. The third-order valence-electron chi connectivity index (χ3n) is 2.82. The lowest BCUT2D eigenvalue weighted by atomic mass is 10.4. The Morgan fingerprint density at radius 2 is 1.78 bits per heavy atom. The fraction of sp³-hybridized carbons (Fsp3) is 0.600. The van der Waals surface area contributed by atoms with E-state index >= 15 is 0 Å². The van der Waals surface area contributed by atoms with Crippen LogP contribution in [0, 0.1) is 0 Å². The summed E-state index contributed by atoms with van der Waals surface area (Å²) in [6.07, 6.45) is 3.33. The van der Waals surface area contributed by atoms with Gasteiger partial charge in [-0.25, -0.2) is 18.4 Å². The Balaban J connectivity index is 1.97. The predicted octanol–water partition coefficient (Wildman–Crippen LogP) is -1.08. The minimum atomic E-state index is -3.32. The summed E-state index contributed by atoms with van der Waals surface area (Å²) in [5.41, 5.74) is 0. The minimum Gasteiger partial charge on any atom is -0.395 e. The molecule has 1 aliphatic heterocycles. The van der Waals surface area contributed by atoms with Gasteiger partial charge in [0.1, 0.15) is 0 Å². The molecule has 100 valence electrons. The highest BCUT2D eigenvalue weighted by atomic mass is 32.2. The van der Waals surface area contributed by atoms with E-state index in [1.54, 1.807) is 18.5 Å². The first-order valence-electron chi connectivity index (χ1n) is 5.74. The molecule has 8 heteroatoms. The van der Waals surface area contributed by atoms with E-state index in [0.29, 0.717) is 32.1 Å². The SMILES string of the molecule is O=S(=O)(CCO)N1CCN(c2ncccn2)CC1. The molecule has 0 amide bonds. The molecule has 1 aliphatic rings. The molecule has 0 radical (unpaired) electrons. The molecule has 2 heterocycles. The summed E-state index contributed by atoms with van der Waals surface area (Å²) in [5.74, 6) is 0.408. The second-order valence-electron chi connectivity index (χ2n) is 3.97. The predicted molar refractivity (Wildman–Crippen MR) is 66.7 cm³/mol. The van der Waals surface area contributed by atoms with Crippen molar-refractivity contribution in [3.63, 3.8) is 0 Å². The second-order valence-corrected chi connectivity index (χ2v) is 6.06. The van der Waals surface area contributed by atoms with Gasteiger partial charge in [0.05, 0.1) is 12.4 Å². The van der Waals surface area contributed by atoms with Crippen LogP contribution in [-0.2, 0) is 10.0 Å². The summed E-state index contributed by atoms with van der Waals surface area (Å²) < 4.78 is 24.9. The molecule has 1 N–H and O–H groups in total. The van der Waals surface area contributed by atoms with Crippen molar-refractivity contribution in [3.8, 4) is 0 Å². The van der Waals surface area contributed by atoms with E-state index in [1.807, 2.05) is 4.90 Å². The normalized spacial score (nSPS) is 17.9. The first kappa shape index (κ1) is 13.2. The summed E-state index contributed by atoms with van der Waals surface area (Å²) in [6.45, 7) is 1.59. The Morgan fingerprint density at radius 1 is 1.17 bits per heavy atom. The van der Waals surface area contributed by atoms with E-state index in [4.69, 9.17) is 5.11 Å². The van der Waals surface area contributed by atoms with Gasteiger partial charge in [0.25, 0.3) is 0 Å². The van der Waals surface area contributed by atoms with Crippen LogP contribution < -0.4 is 4.90 Å². The van der Waals surface area contributed by atoms with Gasteiger partial charge in [-0.15, -0.1) is 0 Å². The van der Waals surface area contributed by atoms with Crippen molar-refractivity contribution in [3.05, 3.63) is 18.5 Å². The number of sulfonamides is 1. The third-order valence-corrected chi connectivity index (χ3v) is 4.67. The van der Waals surface area contributed by atoms with E-state index in [0.717, 1.165) is 0 Å². The molecule has 0 atom stereocenters.